The van der Waals surface area contributed by atoms with Crippen molar-refractivity contribution >= 4 is 33.8 Å². The average Bonchev–Trinajstić information content (AvgIpc) is 3.65. The second-order valence-electron chi connectivity index (χ2n) is 8.17. The summed E-state index contributed by atoms with van der Waals surface area (Å²) in [4.78, 5) is 21.0. The highest BCUT2D eigenvalue weighted by Crippen LogP contribution is 2.27. The predicted molar refractivity (Wildman–Crippen MR) is 140 cm³/mol. The molecule has 0 atom stereocenters. The third-order valence-electron chi connectivity index (χ3n) is 5.87. The standard InChI is InChI=1S/C27H24ClN3O4S/c1-33-23-12-19(13-24(14-23)34-2)26(32)30(15-22-4-3-11-35-22)10-9-21-17-36-27-29-25(16-31(21)27)18-5-7-20(28)8-6-18/h3-8,11-14,16-17H,9-10,15H2,1-2H3. The molecule has 0 radical (unpaired) electrons. The molecule has 5 rings (SSSR count). The number of methoxy groups -OCH3 is 2. The molecule has 0 saturated heterocycles. The molecule has 0 bridgehead atoms. The summed E-state index contributed by atoms with van der Waals surface area (Å²) >= 11 is 7.61. The van der Waals surface area contributed by atoms with Gasteiger partial charge in [0, 0.05) is 52.5 Å². The lowest BCUT2D eigenvalue weighted by Gasteiger charge is -2.22. The molecule has 0 fully saturated rings. The Bertz CT molecular complexity index is 1450. The topological polar surface area (TPSA) is 69.2 Å². The Labute approximate surface area is 217 Å². The van der Waals surface area contributed by atoms with Crippen LogP contribution in [0.2, 0.25) is 5.02 Å². The average molecular weight is 522 g/mol. The third-order valence-corrected chi connectivity index (χ3v) is 7.01. The number of carbonyl (C=O) groups excluding carboxylic acids is 1. The van der Waals surface area contributed by atoms with Crippen molar-refractivity contribution in [1.29, 1.82) is 0 Å². The van der Waals surface area contributed by atoms with Crippen LogP contribution in [-0.4, -0.2) is 41.0 Å². The fraction of sp³-hybridized carbons (Fsp3) is 0.185. The molecule has 0 aliphatic carbocycles. The number of amides is 1. The first kappa shape index (κ1) is 24.0. The van der Waals surface area contributed by atoms with Crippen molar-refractivity contribution in [3.8, 4) is 22.8 Å². The van der Waals surface area contributed by atoms with Crippen LogP contribution >= 0.6 is 22.9 Å². The SMILES string of the molecule is COc1cc(OC)cc(C(=O)N(CCc2csc3nc(-c4ccc(Cl)cc4)cn23)Cc2ccco2)c1. The van der Waals surface area contributed by atoms with Crippen molar-refractivity contribution in [2.45, 2.75) is 13.0 Å². The van der Waals surface area contributed by atoms with E-state index in [0.717, 1.165) is 21.9 Å². The Kier molecular flexibility index (Phi) is 6.97. The number of hydrogen-bond acceptors (Lipinski definition) is 6. The van der Waals surface area contributed by atoms with Crippen LogP contribution in [0, 0.1) is 0 Å². The molecular weight excluding hydrogens is 498 g/mol. The summed E-state index contributed by atoms with van der Waals surface area (Å²) in [6.07, 6.45) is 4.28. The molecule has 7 nitrogen and oxygen atoms in total. The van der Waals surface area contributed by atoms with E-state index in [4.69, 9.17) is 30.5 Å². The number of benzene rings is 2. The van der Waals surface area contributed by atoms with Crippen molar-refractivity contribution in [3.05, 3.63) is 94.5 Å². The van der Waals surface area contributed by atoms with Gasteiger partial charge in [-0.15, -0.1) is 11.3 Å². The van der Waals surface area contributed by atoms with Crippen LogP contribution in [0.25, 0.3) is 16.2 Å². The lowest BCUT2D eigenvalue weighted by Crippen LogP contribution is -2.32. The highest BCUT2D eigenvalue weighted by molar-refractivity contribution is 7.15. The van der Waals surface area contributed by atoms with Crippen molar-refractivity contribution in [2.24, 2.45) is 0 Å². The normalized spacial score (nSPS) is 11.1. The summed E-state index contributed by atoms with van der Waals surface area (Å²) in [5.74, 6) is 1.69. The van der Waals surface area contributed by atoms with E-state index in [0.29, 0.717) is 47.4 Å². The number of thiazole rings is 1. The summed E-state index contributed by atoms with van der Waals surface area (Å²) in [5, 5.41) is 2.77. The van der Waals surface area contributed by atoms with Crippen LogP contribution in [0.4, 0.5) is 0 Å². The lowest BCUT2D eigenvalue weighted by atomic mass is 10.1. The van der Waals surface area contributed by atoms with E-state index in [1.54, 1.807) is 54.9 Å². The summed E-state index contributed by atoms with van der Waals surface area (Å²) < 4.78 is 18.3. The molecule has 0 saturated carbocycles. The van der Waals surface area contributed by atoms with Gasteiger partial charge in [0.05, 0.1) is 32.7 Å². The van der Waals surface area contributed by atoms with Gasteiger partial charge >= 0.3 is 0 Å². The van der Waals surface area contributed by atoms with E-state index < -0.39 is 0 Å². The minimum Gasteiger partial charge on any atom is -0.497 e. The number of fused-ring (bicyclic) bond motifs is 1. The van der Waals surface area contributed by atoms with Gasteiger partial charge in [0.2, 0.25) is 0 Å². The first-order valence-electron chi connectivity index (χ1n) is 11.3. The lowest BCUT2D eigenvalue weighted by molar-refractivity contribution is 0.0732. The minimum absolute atomic E-state index is 0.137. The molecule has 0 unspecified atom stereocenters. The van der Waals surface area contributed by atoms with Crippen LogP contribution in [0.1, 0.15) is 21.8 Å². The number of rotatable bonds is 9. The van der Waals surface area contributed by atoms with E-state index in [-0.39, 0.29) is 5.91 Å². The molecule has 3 heterocycles. The monoisotopic (exact) mass is 521 g/mol. The number of furan rings is 1. The molecule has 36 heavy (non-hydrogen) atoms. The van der Waals surface area contributed by atoms with Crippen LogP contribution < -0.4 is 9.47 Å². The number of halogens is 1. The molecule has 9 heteroatoms. The predicted octanol–water partition coefficient (Wildman–Crippen LogP) is 6.21. The van der Waals surface area contributed by atoms with E-state index in [2.05, 4.69) is 9.78 Å². The number of carbonyl (C=O) groups is 1. The summed E-state index contributed by atoms with van der Waals surface area (Å²) in [5.41, 5.74) is 3.44. The highest BCUT2D eigenvalue weighted by atomic mass is 35.5. The van der Waals surface area contributed by atoms with Crippen LogP contribution in [0.5, 0.6) is 11.5 Å². The van der Waals surface area contributed by atoms with Gasteiger partial charge < -0.3 is 18.8 Å². The molecule has 1 amide bonds. The fourth-order valence-electron chi connectivity index (χ4n) is 3.97. The molecule has 3 aromatic heterocycles. The zero-order valence-electron chi connectivity index (χ0n) is 19.8. The van der Waals surface area contributed by atoms with Crippen LogP contribution in [0.15, 0.2) is 76.9 Å². The van der Waals surface area contributed by atoms with Crippen molar-refractivity contribution in [2.75, 3.05) is 20.8 Å². The van der Waals surface area contributed by atoms with E-state index >= 15 is 0 Å². The summed E-state index contributed by atoms with van der Waals surface area (Å²) in [6.45, 7) is 0.831. The number of imidazole rings is 1. The van der Waals surface area contributed by atoms with Crippen molar-refractivity contribution in [1.82, 2.24) is 14.3 Å². The van der Waals surface area contributed by atoms with Crippen molar-refractivity contribution in [3.63, 3.8) is 0 Å². The third kappa shape index (κ3) is 5.10. The van der Waals surface area contributed by atoms with Gasteiger partial charge in [-0.1, -0.05) is 23.7 Å². The molecule has 184 valence electrons. The van der Waals surface area contributed by atoms with Gasteiger partial charge in [-0.05, 0) is 36.4 Å². The second-order valence-corrected chi connectivity index (χ2v) is 9.44. The van der Waals surface area contributed by atoms with Gasteiger partial charge in [0.15, 0.2) is 4.96 Å². The molecular formula is C27H24ClN3O4S. The Balaban J connectivity index is 1.40. The number of nitrogens with zero attached hydrogens (tertiary/aromatic N) is 3. The smallest absolute Gasteiger partial charge is 0.254 e. The van der Waals surface area contributed by atoms with Crippen LogP contribution in [-0.2, 0) is 13.0 Å². The zero-order chi connectivity index (χ0) is 25.1. The first-order chi connectivity index (χ1) is 17.5. The number of ether oxygens (including phenoxy) is 2. The van der Waals surface area contributed by atoms with Gasteiger partial charge in [0.25, 0.3) is 5.91 Å². The maximum absolute atomic E-state index is 13.6. The first-order valence-corrected chi connectivity index (χ1v) is 12.6. The number of aromatic nitrogens is 2. The van der Waals surface area contributed by atoms with Gasteiger partial charge in [-0.2, -0.15) is 0 Å². The maximum atomic E-state index is 13.6. The Hall–Kier alpha value is -3.75. The Morgan fingerprint density at radius 1 is 1.11 bits per heavy atom. The highest BCUT2D eigenvalue weighted by Gasteiger charge is 2.20. The van der Waals surface area contributed by atoms with Gasteiger partial charge in [-0.3, -0.25) is 9.20 Å². The quantitative estimate of drug-likeness (QED) is 0.230. The van der Waals surface area contributed by atoms with Gasteiger partial charge in [-0.25, -0.2) is 4.98 Å². The molecule has 0 N–H and O–H groups in total. The minimum atomic E-state index is -0.137. The largest absolute Gasteiger partial charge is 0.497 e. The summed E-state index contributed by atoms with van der Waals surface area (Å²) in [7, 11) is 3.13. The maximum Gasteiger partial charge on any atom is 0.254 e. The van der Waals surface area contributed by atoms with E-state index in [1.807, 2.05) is 42.6 Å². The van der Waals surface area contributed by atoms with Crippen molar-refractivity contribution < 1.29 is 18.7 Å². The number of hydrogen-bond donors (Lipinski definition) is 0. The van der Waals surface area contributed by atoms with Gasteiger partial charge in [0.1, 0.15) is 17.3 Å². The Morgan fingerprint density at radius 3 is 2.53 bits per heavy atom. The summed E-state index contributed by atoms with van der Waals surface area (Å²) in [6, 6.07) is 16.5. The molecule has 0 spiro atoms. The second kappa shape index (κ2) is 10.5. The van der Waals surface area contributed by atoms with Crippen LogP contribution in [0.3, 0.4) is 0 Å². The van der Waals surface area contributed by atoms with E-state index in [1.165, 1.54) is 0 Å². The fourth-order valence-corrected chi connectivity index (χ4v) is 5.01. The Morgan fingerprint density at radius 2 is 1.86 bits per heavy atom. The van der Waals surface area contributed by atoms with E-state index in [9.17, 15) is 4.79 Å². The molecule has 0 aliphatic heterocycles. The molecule has 5 aromatic rings. The zero-order valence-corrected chi connectivity index (χ0v) is 21.4. The molecule has 0 aliphatic rings. The molecule has 2 aromatic carbocycles.